The summed E-state index contributed by atoms with van der Waals surface area (Å²) in [6.07, 6.45) is 1.79. The predicted octanol–water partition coefficient (Wildman–Crippen LogP) is 1.51. The first-order valence-corrected chi connectivity index (χ1v) is 6.79. The molecule has 1 amide bonds. The van der Waals surface area contributed by atoms with Crippen molar-refractivity contribution < 1.29 is 9.53 Å². The molecule has 0 spiro atoms. The van der Waals surface area contributed by atoms with E-state index in [-0.39, 0.29) is 17.9 Å². The quantitative estimate of drug-likeness (QED) is 0.900. The summed E-state index contributed by atoms with van der Waals surface area (Å²) in [7, 11) is 1.84. The van der Waals surface area contributed by atoms with E-state index in [1.165, 1.54) is 0 Å². The summed E-state index contributed by atoms with van der Waals surface area (Å²) in [5, 5.41) is 10.8. The van der Waals surface area contributed by atoms with Crippen LogP contribution in [-0.4, -0.2) is 33.4 Å². The van der Waals surface area contributed by atoms with Gasteiger partial charge in [0.05, 0.1) is 12.0 Å². The van der Waals surface area contributed by atoms with Crippen LogP contribution in [0.2, 0.25) is 0 Å². The van der Waals surface area contributed by atoms with Crippen LogP contribution in [0.3, 0.4) is 0 Å². The molecule has 2 unspecified atom stereocenters. The molecule has 1 aliphatic heterocycles. The summed E-state index contributed by atoms with van der Waals surface area (Å²) in [6.45, 7) is 6.77. The van der Waals surface area contributed by atoms with E-state index in [2.05, 4.69) is 29.4 Å². The number of hydrogen-bond acceptors (Lipinski definition) is 4. The molecule has 2 rings (SSSR count). The first kappa shape index (κ1) is 14.0. The average molecular weight is 266 g/mol. The van der Waals surface area contributed by atoms with Crippen LogP contribution >= 0.6 is 0 Å². The molecule has 1 aromatic heterocycles. The normalized spacial score (nSPS) is 23.6. The monoisotopic (exact) mass is 266 g/mol. The summed E-state index contributed by atoms with van der Waals surface area (Å²) in [6, 6.07) is 0. The lowest BCUT2D eigenvalue weighted by molar-refractivity contribution is -0.131. The van der Waals surface area contributed by atoms with Gasteiger partial charge in [0.2, 0.25) is 11.9 Å². The zero-order valence-electron chi connectivity index (χ0n) is 12.0. The van der Waals surface area contributed by atoms with Gasteiger partial charge in [-0.25, -0.2) is 0 Å². The SMILES string of the molecule is Cc1nnc(NC(=O)C2CCCOC2C(C)C)n1C. The van der Waals surface area contributed by atoms with Gasteiger partial charge in [0.25, 0.3) is 0 Å². The number of aryl methyl sites for hydroxylation is 1. The minimum absolute atomic E-state index is 0.0110. The maximum atomic E-state index is 12.4. The van der Waals surface area contributed by atoms with Gasteiger partial charge in [-0.05, 0) is 25.7 Å². The van der Waals surface area contributed by atoms with Gasteiger partial charge in [-0.3, -0.25) is 10.1 Å². The molecule has 1 fully saturated rings. The number of aromatic nitrogens is 3. The number of rotatable bonds is 3. The molecule has 0 radical (unpaired) electrons. The smallest absolute Gasteiger partial charge is 0.232 e. The van der Waals surface area contributed by atoms with E-state index >= 15 is 0 Å². The zero-order valence-corrected chi connectivity index (χ0v) is 12.0. The van der Waals surface area contributed by atoms with E-state index in [9.17, 15) is 4.79 Å². The number of hydrogen-bond donors (Lipinski definition) is 1. The van der Waals surface area contributed by atoms with Crippen LogP contribution in [0.4, 0.5) is 5.95 Å². The maximum Gasteiger partial charge on any atom is 0.232 e. The number of amides is 1. The highest BCUT2D eigenvalue weighted by molar-refractivity contribution is 5.91. The molecule has 0 aromatic carbocycles. The Morgan fingerprint density at radius 1 is 1.47 bits per heavy atom. The molecule has 1 N–H and O–H groups in total. The van der Waals surface area contributed by atoms with E-state index in [1.54, 1.807) is 4.57 Å². The Labute approximate surface area is 113 Å². The Bertz CT molecular complexity index is 455. The lowest BCUT2D eigenvalue weighted by atomic mass is 9.87. The third-order valence-corrected chi connectivity index (χ3v) is 3.69. The molecular formula is C13H22N4O2. The number of anilines is 1. The number of nitrogens with zero attached hydrogens (tertiary/aromatic N) is 3. The first-order chi connectivity index (χ1) is 9.00. The summed E-state index contributed by atoms with van der Waals surface area (Å²) >= 11 is 0. The highest BCUT2D eigenvalue weighted by Gasteiger charge is 2.34. The summed E-state index contributed by atoms with van der Waals surface area (Å²) < 4.78 is 7.51. The van der Waals surface area contributed by atoms with Crippen LogP contribution in [0.5, 0.6) is 0 Å². The Hall–Kier alpha value is -1.43. The third kappa shape index (κ3) is 2.94. The Balaban J connectivity index is 2.07. The van der Waals surface area contributed by atoms with Gasteiger partial charge in [-0.15, -0.1) is 10.2 Å². The number of carbonyl (C=O) groups is 1. The van der Waals surface area contributed by atoms with E-state index in [1.807, 2.05) is 14.0 Å². The summed E-state index contributed by atoms with van der Waals surface area (Å²) in [5.74, 6) is 1.48. The van der Waals surface area contributed by atoms with Crippen molar-refractivity contribution in [1.29, 1.82) is 0 Å². The summed E-state index contributed by atoms with van der Waals surface area (Å²) in [5.41, 5.74) is 0. The highest BCUT2D eigenvalue weighted by atomic mass is 16.5. The third-order valence-electron chi connectivity index (χ3n) is 3.69. The number of carbonyl (C=O) groups excluding carboxylic acids is 1. The minimum atomic E-state index is -0.106. The molecule has 0 bridgehead atoms. The molecule has 0 aliphatic carbocycles. The van der Waals surface area contributed by atoms with Crippen LogP contribution in [0.15, 0.2) is 0 Å². The number of nitrogens with one attached hydrogen (secondary N) is 1. The van der Waals surface area contributed by atoms with Crippen LogP contribution in [-0.2, 0) is 16.6 Å². The molecular weight excluding hydrogens is 244 g/mol. The molecule has 1 aromatic rings. The van der Waals surface area contributed by atoms with Crippen molar-refractivity contribution in [3.05, 3.63) is 5.82 Å². The first-order valence-electron chi connectivity index (χ1n) is 6.79. The van der Waals surface area contributed by atoms with Gasteiger partial charge < -0.3 is 9.30 Å². The van der Waals surface area contributed by atoms with Crippen LogP contribution in [0, 0.1) is 18.8 Å². The average Bonchev–Trinajstić information content (AvgIpc) is 2.70. The Kier molecular flexibility index (Phi) is 4.19. The van der Waals surface area contributed by atoms with Gasteiger partial charge in [0, 0.05) is 13.7 Å². The largest absolute Gasteiger partial charge is 0.377 e. The van der Waals surface area contributed by atoms with Gasteiger partial charge in [0.15, 0.2) is 0 Å². The van der Waals surface area contributed by atoms with Crippen LogP contribution in [0.1, 0.15) is 32.5 Å². The second-order valence-corrected chi connectivity index (χ2v) is 5.45. The second-order valence-electron chi connectivity index (χ2n) is 5.45. The fraction of sp³-hybridized carbons (Fsp3) is 0.769. The van der Waals surface area contributed by atoms with Crippen molar-refractivity contribution in [2.45, 2.75) is 39.7 Å². The second kappa shape index (κ2) is 5.69. The predicted molar refractivity (Wildman–Crippen MR) is 71.7 cm³/mol. The maximum absolute atomic E-state index is 12.4. The van der Waals surface area contributed by atoms with Crippen molar-refractivity contribution in [3.8, 4) is 0 Å². The standard InChI is InChI=1S/C13H22N4O2/c1-8(2)11-10(6-5-7-19-11)12(18)14-13-16-15-9(3)17(13)4/h8,10-11H,5-7H2,1-4H3,(H,14,16,18). The fourth-order valence-corrected chi connectivity index (χ4v) is 2.46. The summed E-state index contributed by atoms with van der Waals surface area (Å²) in [4.78, 5) is 12.4. The van der Waals surface area contributed by atoms with Crippen molar-refractivity contribution in [2.24, 2.45) is 18.9 Å². The van der Waals surface area contributed by atoms with E-state index in [4.69, 9.17) is 4.74 Å². The van der Waals surface area contributed by atoms with Crippen LogP contribution in [0.25, 0.3) is 0 Å². The van der Waals surface area contributed by atoms with Crippen molar-refractivity contribution in [2.75, 3.05) is 11.9 Å². The molecule has 6 nitrogen and oxygen atoms in total. The number of ether oxygens (including phenoxy) is 1. The molecule has 2 atom stereocenters. The molecule has 6 heteroatoms. The van der Waals surface area contributed by atoms with Crippen molar-refractivity contribution in [1.82, 2.24) is 14.8 Å². The topological polar surface area (TPSA) is 69.0 Å². The van der Waals surface area contributed by atoms with Gasteiger partial charge in [-0.2, -0.15) is 0 Å². The van der Waals surface area contributed by atoms with E-state index < -0.39 is 0 Å². The van der Waals surface area contributed by atoms with Crippen LogP contribution < -0.4 is 5.32 Å². The molecule has 1 aliphatic rings. The van der Waals surface area contributed by atoms with Crippen molar-refractivity contribution >= 4 is 11.9 Å². The van der Waals surface area contributed by atoms with E-state index in [0.717, 1.165) is 25.3 Å². The molecule has 106 valence electrons. The highest BCUT2D eigenvalue weighted by Crippen LogP contribution is 2.27. The van der Waals surface area contributed by atoms with E-state index in [0.29, 0.717) is 11.9 Å². The van der Waals surface area contributed by atoms with Gasteiger partial charge in [0.1, 0.15) is 5.82 Å². The zero-order chi connectivity index (χ0) is 14.0. The van der Waals surface area contributed by atoms with Gasteiger partial charge in [-0.1, -0.05) is 13.8 Å². The molecule has 2 heterocycles. The van der Waals surface area contributed by atoms with Gasteiger partial charge >= 0.3 is 0 Å². The Morgan fingerprint density at radius 2 is 2.21 bits per heavy atom. The molecule has 1 saturated heterocycles. The molecule has 19 heavy (non-hydrogen) atoms. The van der Waals surface area contributed by atoms with Crippen molar-refractivity contribution in [3.63, 3.8) is 0 Å². The Morgan fingerprint density at radius 3 is 2.79 bits per heavy atom. The fourth-order valence-electron chi connectivity index (χ4n) is 2.46. The molecule has 0 saturated carbocycles. The minimum Gasteiger partial charge on any atom is -0.377 e. The lowest BCUT2D eigenvalue weighted by Gasteiger charge is -2.33. The lowest BCUT2D eigenvalue weighted by Crippen LogP contribution is -2.41.